The van der Waals surface area contributed by atoms with Gasteiger partial charge >= 0.3 is 0 Å². The lowest BCUT2D eigenvalue weighted by Crippen LogP contribution is -2.68. The van der Waals surface area contributed by atoms with E-state index in [0.717, 1.165) is 0 Å². The van der Waals surface area contributed by atoms with Gasteiger partial charge in [-0.1, -0.05) is 13.0 Å². The Morgan fingerprint density at radius 3 is 2.49 bits per heavy atom. The van der Waals surface area contributed by atoms with Gasteiger partial charge in [0, 0.05) is 23.9 Å². The topological polar surface area (TPSA) is 251 Å². The van der Waals surface area contributed by atoms with Gasteiger partial charge in [0.25, 0.3) is 5.91 Å². The van der Waals surface area contributed by atoms with Crippen LogP contribution in [0.2, 0.25) is 0 Å². The quantitative estimate of drug-likeness (QED) is 0.139. The Morgan fingerprint density at radius 2 is 1.88 bits per heavy atom. The number of likely N-dealkylation sites (N-methyl/N-ethyl adjacent to an activating group) is 1. The number of fused-ring (bicyclic) bond motifs is 3. The third-order valence-electron chi connectivity index (χ3n) is 8.54. The monoisotopic (exact) mass is 596 g/mol. The summed E-state index contributed by atoms with van der Waals surface area (Å²) < 4.78 is 0. The first-order chi connectivity index (χ1) is 20.2. The van der Waals surface area contributed by atoms with Crippen molar-refractivity contribution >= 4 is 29.1 Å². The van der Waals surface area contributed by atoms with Crippen LogP contribution in [0.25, 0.3) is 0 Å². The second-order valence-electron chi connectivity index (χ2n) is 11.2. The SMILES string of the molecule is CC1c2ccc(NC(=O)CNCc3ncc[nH]3)c(O)c2C(=O)C2=C(O)C3(O)C(=O)C(C(N)=O)=C(O)[C@@H](N(C)C)C3C(O)C21. The Labute approximate surface area is 244 Å². The fourth-order valence-electron chi connectivity index (χ4n) is 6.61. The largest absolute Gasteiger partial charge is 0.510 e. The molecular weight excluding hydrogens is 564 g/mol. The van der Waals surface area contributed by atoms with Crippen molar-refractivity contribution in [3.63, 3.8) is 0 Å². The molecule has 15 heteroatoms. The summed E-state index contributed by atoms with van der Waals surface area (Å²) >= 11 is 0. The van der Waals surface area contributed by atoms with Gasteiger partial charge in [0.15, 0.2) is 17.1 Å². The molecule has 0 spiro atoms. The maximum atomic E-state index is 13.9. The molecule has 2 amide bonds. The lowest BCUT2D eigenvalue weighted by Gasteiger charge is -2.53. The molecule has 6 atom stereocenters. The van der Waals surface area contributed by atoms with Crippen molar-refractivity contribution in [2.75, 3.05) is 26.0 Å². The number of aromatic hydroxyl groups is 1. The lowest BCUT2D eigenvalue weighted by molar-refractivity contribution is -0.162. The van der Waals surface area contributed by atoms with Gasteiger partial charge in [-0.25, -0.2) is 4.98 Å². The molecule has 0 fully saturated rings. The fraction of sp³-hybridized carbons (Fsp3) is 0.393. The third kappa shape index (κ3) is 4.39. The number of Topliss-reactive ketones (excluding diaryl/α,β-unsaturated/α-hetero) is 2. The van der Waals surface area contributed by atoms with Gasteiger partial charge in [0.05, 0.1) is 42.4 Å². The highest BCUT2D eigenvalue weighted by Gasteiger charge is 2.67. The second kappa shape index (κ2) is 10.6. The summed E-state index contributed by atoms with van der Waals surface area (Å²) in [7, 11) is 2.92. The number of H-pyrrole nitrogens is 1. The number of anilines is 1. The molecule has 1 aromatic heterocycles. The van der Waals surface area contributed by atoms with Crippen LogP contribution < -0.4 is 16.4 Å². The number of carbonyl (C=O) groups is 4. The highest BCUT2D eigenvalue weighted by Crippen LogP contribution is 2.56. The molecule has 43 heavy (non-hydrogen) atoms. The zero-order valence-electron chi connectivity index (χ0n) is 23.5. The van der Waals surface area contributed by atoms with Crippen LogP contribution in [0.4, 0.5) is 5.69 Å². The molecular formula is C28H32N6O9. The van der Waals surface area contributed by atoms with Crippen molar-refractivity contribution in [3.8, 4) is 5.75 Å². The van der Waals surface area contributed by atoms with Gasteiger partial charge in [-0.15, -0.1) is 0 Å². The van der Waals surface area contributed by atoms with Crippen molar-refractivity contribution < 1.29 is 44.7 Å². The zero-order chi connectivity index (χ0) is 31.5. The molecule has 3 aliphatic carbocycles. The number of nitrogens with two attached hydrogens (primary N) is 1. The van der Waals surface area contributed by atoms with Crippen LogP contribution in [0.1, 0.15) is 34.6 Å². The van der Waals surface area contributed by atoms with E-state index in [1.54, 1.807) is 19.3 Å². The summed E-state index contributed by atoms with van der Waals surface area (Å²) in [6.45, 7) is 1.73. The number of amides is 2. The van der Waals surface area contributed by atoms with Crippen molar-refractivity contribution in [2.24, 2.45) is 17.6 Å². The minimum absolute atomic E-state index is 0.110. The summed E-state index contributed by atoms with van der Waals surface area (Å²) in [5, 5.41) is 62.2. The first-order valence-electron chi connectivity index (χ1n) is 13.4. The summed E-state index contributed by atoms with van der Waals surface area (Å²) in [6.07, 6.45) is 1.49. The van der Waals surface area contributed by atoms with Crippen LogP contribution in [0.3, 0.4) is 0 Å². The normalized spacial score (nSPS) is 28.5. The van der Waals surface area contributed by atoms with Crippen molar-refractivity contribution in [3.05, 3.63) is 64.1 Å². The molecule has 5 rings (SSSR count). The molecule has 0 radical (unpaired) electrons. The first-order valence-corrected chi connectivity index (χ1v) is 13.4. The summed E-state index contributed by atoms with van der Waals surface area (Å²) in [6, 6.07) is 1.53. The number of nitrogens with zero attached hydrogens (tertiary/aromatic N) is 2. The number of carbonyl (C=O) groups excluding carboxylic acids is 4. The number of phenolic OH excluding ortho intramolecular Hbond substituents is 1. The minimum atomic E-state index is -3.01. The van der Waals surface area contributed by atoms with Gasteiger partial charge in [0.1, 0.15) is 22.9 Å². The number of aliphatic hydroxyl groups is 4. The molecule has 0 bridgehead atoms. The third-order valence-corrected chi connectivity index (χ3v) is 8.54. The summed E-state index contributed by atoms with van der Waals surface area (Å²) in [5.74, 6) is -9.86. The number of primary amides is 1. The van der Waals surface area contributed by atoms with Crippen LogP contribution in [-0.2, 0) is 20.9 Å². The maximum absolute atomic E-state index is 13.9. The zero-order valence-corrected chi connectivity index (χ0v) is 23.5. The number of ketones is 2. The van der Waals surface area contributed by atoms with Gasteiger partial charge in [-0.05, 0) is 31.6 Å². The Bertz CT molecular complexity index is 1600. The maximum Gasteiger partial charge on any atom is 0.255 e. The molecule has 0 aliphatic heterocycles. The Kier molecular flexibility index (Phi) is 7.38. The van der Waals surface area contributed by atoms with E-state index in [1.807, 2.05) is 0 Å². The first kappa shape index (κ1) is 29.9. The van der Waals surface area contributed by atoms with E-state index in [-0.39, 0.29) is 29.9 Å². The van der Waals surface area contributed by atoms with E-state index in [1.165, 1.54) is 31.1 Å². The Hall–Kier alpha value is -4.57. The number of hydrogen-bond acceptors (Lipinski definition) is 12. The van der Waals surface area contributed by atoms with Crippen LogP contribution >= 0.6 is 0 Å². The van der Waals surface area contributed by atoms with E-state index in [0.29, 0.717) is 5.82 Å². The molecule has 0 saturated carbocycles. The van der Waals surface area contributed by atoms with Gasteiger partial charge < -0.3 is 46.9 Å². The molecule has 5 unspecified atom stereocenters. The lowest BCUT2D eigenvalue weighted by atomic mass is 9.55. The van der Waals surface area contributed by atoms with Crippen LogP contribution in [0, 0.1) is 11.8 Å². The highest BCUT2D eigenvalue weighted by molar-refractivity contribution is 6.25. The second-order valence-corrected chi connectivity index (χ2v) is 11.2. The number of hydrogen-bond donors (Lipinski definition) is 9. The number of aliphatic hydroxyl groups excluding tert-OH is 3. The van der Waals surface area contributed by atoms with Gasteiger partial charge in [-0.2, -0.15) is 0 Å². The fourth-order valence-corrected chi connectivity index (χ4v) is 6.61. The van der Waals surface area contributed by atoms with Crippen molar-refractivity contribution in [1.82, 2.24) is 20.2 Å². The van der Waals surface area contributed by atoms with Gasteiger partial charge in [-0.3, -0.25) is 24.1 Å². The molecule has 0 saturated heterocycles. The number of aromatic amines is 1. The van der Waals surface area contributed by atoms with Crippen LogP contribution in [0.5, 0.6) is 5.75 Å². The van der Waals surface area contributed by atoms with Gasteiger partial charge in [0.2, 0.25) is 11.7 Å². The summed E-state index contributed by atoms with van der Waals surface area (Å²) in [5.41, 5.74) is 0.681. The average molecular weight is 597 g/mol. The molecule has 228 valence electrons. The van der Waals surface area contributed by atoms with E-state index in [2.05, 4.69) is 20.6 Å². The predicted octanol–water partition coefficient (Wildman–Crippen LogP) is -0.896. The number of imidazole rings is 1. The molecule has 1 aromatic carbocycles. The number of rotatable bonds is 7. The molecule has 3 aliphatic rings. The number of nitrogens with one attached hydrogen (secondary N) is 3. The minimum Gasteiger partial charge on any atom is -0.510 e. The molecule has 15 nitrogen and oxygen atoms in total. The van der Waals surface area contributed by atoms with E-state index in [4.69, 9.17) is 5.73 Å². The van der Waals surface area contributed by atoms with Crippen LogP contribution in [0.15, 0.2) is 47.2 Å². The number of phenols is 1. The van der Waals surface area contributed by atoms with Crippen molar-refractivity contribution in [1.29, 1.82) is 0 Å². The standard InChI is InChI=1S/C28H32N6O9/c1-10-11-4-5-12(33-14(35)9-30-8-13-31-6-7-32-13)21(36)16(11)22(37)17-15(10)23(38)19-20(34(2)3)24(39)18(27(29)42)26(41)28(19,43)25(17)40/h4-7,10,15,19-20,23,30,36,38-40,43H,8-9H2,1-3H3,(H2,29,42)(H,31,32)(H,33,35)/t10?,15?,19?,20-,23?,28?/m0/s1. The highest BCUT2D eigenvalue weighted by atomic mass is 16.4. The Balaban J connectivity index is 1.55. The molecule has 2 aromatic rings. The van der Waals surface area contributed by atoms with Crippen molar-refractivity contribution in [2.45, 2.75) is 37.1 Å². The number of benzene rings is 1. The van der Waals surface area contributed by atoms with Crippen LogP contribution in [-0.4, -0.2) is 102 Å². The van der Waals surface area contributed by atoms with E-state index in [9.17, 15) is 44.7 Å². The average Bonchev–Trinajstić information content (AvgIpc) is 3.45. The number of aromatic nitrogens is 2. The molecule has 10 N–H and O–H groups in total. The Morgan fingerprint density at radius 1 is 1.19 bits per heavy atom. The molecule has 1 heterocycles. The predicted molar refractivity (Wildman–Crippen MR) is 149 cm³/mol. The van der Waals surface area contributed by atoms with E-state index < -0.39 is 87.3 Å². The van der Waals surface area contributed by atoms with E-state index >= 15 is 0 Å². The summed E-state index contributed by atoms with van der Waals surface area (Å²) in [4.78, 5) is 60.3. The smallest absolute Gasteiger partial charge is 0.255 e.